The summed E-state index contributed by atoms with van der Waals surface area (Å²) in [5.74, 6) is 0.495. The Morgan fingerprint density at radius 2 is 2.13 bits per heavy atom. The van der Waals surface area contributed by atoms with E-state index in [-0.39, 0.29) is 17.8 Å². The molecule has 82 valence electrons. The second kappa shape index (κ2) is 5.17. The molecule has 1 rings (SSSR count). The second-order valence-corrected chi connectivity index (χ2v) is 3.99. The van der Waals surface area contributed by atoms with Gasteiger partial charge in [0.1, 0.15) is 5.75 Å². The van der Waals surface area contributed by atoms with E-state index in [2.05, 4.69) is 0 Å². The Labute approximate surface area is 95.2 Å². The van der Waals surface area contributed by atoms with Crippen molar-refractivity contribution in [2.75, 3.05) is 5.88 Å². The third kappa shape index (κ3) is 3.24. The lowest BCUT2D eigenvalue weighted by Crippen LogP contribution is -2.11. The molecule has 3 heteroatoms. The summed E-state index contributed by atoms with van der Waals surface area (Å²) < 4.78 is 5.54. The summed E-state index contributed by atoms with van der Waals surface area (Å²) in [6, 6.07) is 5.54. The van der Waals surface area contributed by atoms with E-state index in [1.165, 1.54) is 0 Å². The Balaban J connectivity index is 3.08. The van der Waals surface area contributed by atoms with Gasteiger partial charge in [0, 0.05) is 0 Å². The molecular weight excluding hydrogens is 212 g/mol. The number of hydrogen-bond acceptors (Lipinski definition) is 2. The fourth-order valence-electron chi connectivity index (χ4n) is 1.29. The lowest BCUT2D eigenvalue weighted by Gasteiger charge is -2.13. The van der Waals surface area contributed by atoms with E-state index in [0.717, 1.165) is 5.56 Å². The molecule has 2 nitrogen and oxygen atoms in total. The van der Waals surface area contributed by atoms with E-state index in [1.807, 2.05) is 39.0 Å². The monoisotopic (exact) mass is 226 g/mol. The number of carbonyl (C=O) groups is 1. The van der Waals surface area contributed by atoms with Crippen LogP contribution in [-0.4, -0.2) is 17.8 Å². The average Bonchev–Trinajstić information content (AvgIpc) is 2.19. The molecule has 0 radical (unpaired) electrons. The molecule has 0 saturated heterocycles. The normalized spacial score (nSPS) is 10.5. The number of ketones is 1. The summed E-state index contributed by atoms with van der Waals surface area (Å²) >= 11 is 5.54. The molecule has 0 saturated carbocycles. The molecule has 0 aromatic heterocycles. The van der Waals surface area contributed by atoms with Crippen molar-refractivity contribution in [3.05, 3.63) is 29.3 Å². The van der Waals surface area contributed by atoms with Crippen molar-refractivity contribution in [1.29, 1.82) is 0 Å². The van der Waals surface area contributed by atoms with Gasteiger partial charge in [0.25, 0.3) is 0 Å². The van der Waals surface area contributed by atoms with Crippen LogP contribution in [0.2, 0.25) is 0 Å². The molecule has 0 fully saturated rings. The number of benzene rings is 1. The zero-order chi connectivity index (χ0) is 11.4. The van der Waals surface area contributed by atoms with E-state index < -0.39 is 0 Å². The quantitative estimate of drug-likeness (QED) is 0.582. The summed E-state index contributed by atoms with van der Waals surface area (Å²) in [6.07, 6.45) is 0.0505. The molecule has 0 aliphatic carbocycles. The number of halogens is 1. The van der Waals surface area contributed by atoms with Crippen LogP contribution in [0.5, 0.6) is 5.75 Å². The number of aryl methyl sites for hydroxylation is 1. The van der Waals surface area contributed by atoms with Gasteiger partial charge in [-0.2, -0.15) is 0 Å². The molecule has 0 bridgehead atoms. The van der Waals surface area contributed by atoms with Crippen molar-refractivity contribution in [3.8, 4) is 5.75 Å². The molecule has 0 unspecified atom stereocenters. The maximum atomic E-state index is 11.6. The third-order valence-corrected chi connectivity index (χ3v) is 2.16. The minimum Gasteiger partial charge on any atom is -0.490 e. The standard InChI is InChI=1S/C12H15ClO2/c1-8(2)15-12-5-4-9(3)6-10(12)11(14)7-13/h4-6,8H,7H2,1-3H3. The Morgan fingerprint density at radius 3 is 2.67 bits per heavy atom. The van der Waals surface area contributed by atoms with Crippen LogP contribution in [0.15, 0.2) is 18.2 Å². The number of alkyl halides is 1. The van der Waals surface area contributed by atoms with Gasteiger partial charge >= 0.3 is 0 Å². The van der Waals surface area contributed by atoms with Gasteiger partial charge in [-0.1, -0.05) is 11.6 Å². The molecule has 0 heterocycles. The largest absolute Gasteiger partial charge is 0.490 e. The van der Waals surface area contributed by atoms with Crippen molar-refractivity contribution in [2.24, 2.45) is 0 Å². The summed E-state index contributed by atoms with van der Waals surface area (Å²) in [4.78, 5) is 11.6. The lowest BCUT2D eigenvalue weighted by molar-refractivity contribution is 0.101. The topological polar surface area (TPSA) is 26.3 Å². The number of rotatable bonds is 4. The van der Waals surface area contributed by atoms with Gasteiger partial charge in [0.2, 0.25) is 0 Å². The minimum atomic E-state index is -0.101. The van der Waals surface area contributed by atoms with Gasteiger partial charge in [-0.3, -0.25) is 4.79 Å². The highest BCUT2D eigenvalue weighted by atomic mass is 35.5. The highest BCUT2D eigenvalue weighted by Crippen LogP contribution is 2.22. The van der Waals surface area contributed by atoms with E-state index in [0.29, 0.717) is 11.3 Å². The third-order valence-electron chi connectivity index (χ3n) is 1.92. The van der Waals surface area contributed by atoms with Crippen LogP contribution in [0.25, 0.3) is 0 Å². The average molecular weight is 227 g/mol. The maximum Gasteiger partial charge on any atom is 0.181 e. The van der Waals surface area contributed by atoms with Gasteiger partial charge in [-0.05, 0) is 32.9 Å². The molecule has 1 aromatic carbocycles. The Morgan fingerprint density at radius 1 is 1.47 bits per heavy atom. The van der Waals surface area contributed by atoms with Crippen molar-refractivity contribution in [1.82, 2.24) is 0 Å². The SMILES string of the molecule is Cc1ccc(OC(C)C)c(C(=O)CCl)c1. The van der Waals surface area contributed by atoms with Gasteiger partial charge in [0.15, 0.2) is 5.78 Å². The fraction of sp³-hybridized carbons (Fsp3) is 0.417. The summed E-state index contributed by atoms with van der Waals surface area (Å²) in [7, 11) is 0. The highest BCUT2D eigenvalue weighted by molar-refractivity contribution is 6.30. The Kier molecular flexibility index (Phi) is 4.15. The Bertz CT molecular complexity index is 359. The highest BCUT2D eigenvalue weighted by Gasteiger charge is 2.12. The second-order valence-electron chi connectivity index (χ2n) is 3.72. The van der Waals surface area contributed by atoms with E-state index in [4.69, 9.17) is 16.3 Å². The van der Waals surface area contributed by atoms with E-state index >= 15 is 0 Å². The first-order valence-electron chi connectivity index (χ1n) is 4.91. The molecule has 0 aliphatic rings. The fourth-order valence-corrected chi connectivity index (χ4v) is 1.43. The van der Waals surface area contributed by atoms with Crippen LogP contribution in [-0.2, 0) is 0 Å². The van der Waals surface area contributed by atoms with Gasteiger partial charge in [0.05, 0.1) is 17.5 Å². The lowest BCUT2D eigenvalue weighted by atomic mass is 10.1. The first kappa shape index (κ1) is 12.1. The van der Waals surface area contributed by atoms with Gasteiger partial charge < -0.3 is 4.74 Å². The molecule has 0 N–H and O–H groups in total. The van der Waals surface area contributed by atoms with Crippen LogP contribution < -0.4 is 4.74 Å². The summed E-state index contributed by atoms with van der Waals surface area (Å²) in [5, 5.41) is 0. The Hall–Kier alpha value is -1.02. The molecule has 1 aromatic rings. The van der Waals surface area contributed by atoms with Crippen LogP contribution >= 0.6 is 11.6 Å². The van der Waals surface area contributed by atoms with Crippen LogP contribution in [0.4, 0.5) is 0 Å². The molecule has 0 spiro atoms. The zero-order valence-electron chi connectivity index (χ0n) is 9.21. The first-order valence-corrected chi connectivity index (χ1v) is 5.44. The number of hydrogen-bond donors (Lipinski definition) is 0. The van der Waals surface area contributed by atoms with Crippen LogP contribution in [0, 0.1) is 6.92 Å². The molecular formula is C12H15ClO2. The molecule has 0 atom stereocenters. The maximum absolute atomic E-state index is 11.6. The van der Waals surface area contributed by atoms with Crippen molar-refractivity contribution in [2.45, 2.75) is 26.9 Å². The van der Waals surface area contributed by atoms with Gasteiger partial charge in [-0.25, -0.2) is 0 Å². The number of Topliss-reactive ketones (excluding diaryl/α,β-unsaturated/α-hetero) is 1. The van der Waals surface area contributed by atoms with E-state index in [1.54, 1.807) is 0 Å². The predicted octanol–water partition coefficient (Wildman–Crippen LogP) is 3.20. The molecule has 0 aliphatic heterocycles. The molecule has 0 amide bonds. The summed E-state index contributed by atoms with van der Waals surface area (Å²) in [5.41, 5.74) is 1.60. The van der Waals surface area contributed by atoms with Crippen LogP contribution in [0.1, 0.15) is 29.8 Å². The van der Waals surface area contributed by atoms with Crippen LogP contribution in [0.3, 0.4) is 0 Å². The van der Waals surface area contributed by atoms with Crippen molar-refractivity contribution in [3.63, 3.8) is 0 Å². The minimum absolute atomic E-state index is 0.0160. The van der Waals surface area contributed by atoms with Gasteiger partial charge in [-0.15, -0.1) is 11.6 Å². The predicted molar refractivity (Wildman–Crippen MR) is 62.0 cm³/mol. The molecule has 15 heavy (non-hydrogen) atoms. The summed E-state index contributed by atoms with van der Waals surface area (Å²) in [6.45, 7) is 5.79. The number of ether oxygens (including phenoxy) is 1. The number of carbonyl (C=O) groups excluding carboxylic acids is 1. The van der Waals surface area contributed by atoms with Crippen molar-refractivity contribution < 1.29 is 9.53 Å². The first-order chi connectivity index (χ1) is 7.04. The smallest absolute Gasteiger partial charge is 0.181 e. The van der Waals surface area contributed by atoms with Crippen molar-refractivity contribution >= 4 is 17.4 Å². The zero-order valence-corrected chi connectivity index (χ0v) is 9.97. The van der Waals surface area contributed by atoms with E-state index in [9.17, 15) is 4.79 Å².